The molecule has 0 radical (unpaired) electrons. The van der Waals surface area contributed by atoms with Crippen LogP contribution in [0, 0.1) is 12.8 Å². The predicted octanol–water partition coefficient (Wildman–Crippen LogP) is 1.32. The van der Waals surface area contributed by atoms with Crippen LogP contribution in [0.25, 0.3) is 0 Å². The molecule has 1 aliphatic carbocycles. The topological polar surface area (TPSA) is 64.2 Å². The highest BCUT2D eigenvalue weighted by atomic mass is 16.2. The van der Waals surface area contributed by atoms with Crippen LogP contribution in [-0.2, 0) is 7.05 Å². The fraction of sp³-hybridized carbons (Fsp3) is 0.714. The minimum absolute atomic E-state index is 0.0657. The van der Waals surface area contributed by atoms with Crippen LogP contribution in [0.5, 0.6) is 0 Å². The van der Waals surface area contributed by atoms with Crippen molar-refractivity contribution in [2.45, 2.75) is 38.6 Å². The lowest BCUT2D eigenvalue weighted by atomic mass is 9.83. The highest BCUT2D eigenvalue weighted by molar-refractivity contribution is 5.95. The van der Waals surface area contributed by atoms with Crippen LogP contribution in [0.4, 0.5) is 0 Å². The van der Waals surface area contributed by atoms with Crippen LogP contribution in [0.2, 0.25) is 0 Å². The number of carbonyl (C=O) groups is 1. The van der Waals surface area contributed by atoms with Crippen molar-refractivity contribution >= 4 is 5.91 Å². The summed E-state index contributed by atoms with van der Waals surface area (Å²) in [6.07, 6.45) is 6.26. The molecule has 0 spiro atoms. The summed E-state index contributed by atoms with van der Waals surface area (Å²) in [6.45, 7) is 2.59. The van der Waals surface area contributed by atoms with Gasteiger partial charge in [-0.2, -0.15) is 5.10 Å². The van der Waals surface area contributed by atoms with Gasteiger partial charge < -0.3 is 10.6 Å². The SMILES string of the molecule is Cc1c(C(=O)N(C)C2CCCCC2CN)cnn1C. The van der Waals surface area contributed by atoms with Crippen molar-refractivity contribution in [3.63, 3.8) is 0 Å². The molecule has 1 amide bonds. The summed E-state index contributed by atoms with van der Waals surface area (Å²) >= 11 is 0. The van der Waals surface area contributed by atoms with E-state index in [1.165, 1.54) is 12.8 Å². The van der Waals surface area contributed by atoms with Crippen LogP contribution < -0.4 is 5.73 Å². The minimum Gasteiger partial charge on any atom is -0.338 e. The van der Waals surface area contributed by atoms with Gasteiger partial charge in [0.05, 0.1) is 11.8 Å². The number of carbonyl (C=O) groups excluding carboxylic acids is 1. The van der Waals surface area contributed by atoms with Gasteiger partial charge in [0.25, 0.3) is 5.91 Å². The molecule has 1 aromatic rings. The highest BCUT2D eigenvalue weighted by Crippen LogP contribution is 2.28. The molecule has 0 aliphatic heterocycles. The van der Waals surface area contributed by atoms with Crippen molar-refractivity contribution in [1.29, 1.82) is 0 Å². The summed E-state index contributed by atoms with van der Waals surface area (Å²) in [7, 11) is 3.75. The molecule has 1 saturated carbocycles. The van der Waals surface area contributed by atoms with E-state index >= 15 is 0 Å². The third-order valence-electron chi connectivity index (χ3n) is 4.46. The van der Waals surface area contributed by atoms with Crippen LogP contribution >= 0.6 is 0 Å². The number of hydrogen-bond donors (Lipinski definition) is 1. The maximum absolute atomic E-state index is 12.6. The average Bonchev–Trinajstić information content (AvgIpc) is 2.77. The van der Waals surface area contributed by atoms with Gasteiger partial charge in [-0.1, -0.05) is 12.8 Å². The van der Waals surface area contributed by atoms with Gasteiger partial charge in [-0.15, -0.1) is 0 Å². The van der Waals surface area contributed by atoms with E-state index in [0.29, 0.717) is 18.0 Å². The second-order valence-corrected chi connectivity index (χ2v) is 5.53. The van der Waals surface area contributed by atoms with E-state index in [4.69, 9.17) is 5.73 Å². The first-order valence-electron chi connectivity index (χ1n) is 7.02. The number of aryl methyl sites for hydroxylation is 1. The molecule has 1 aromatic heterocycles. The van der Waals surface area contributed by atoms with Gasteiger partial charge >= 0.3 is 0 Å². The number of amides is 1. The quantitative estimate of drug-likeness (QED) is 0.895. The van der Waals surface area contributed by atoms with Gasteiger partial charge in [0, 0.05) is 25.8 Å². The lowest BCUT2D eigenvalue weighted by molar-refractivity contribution is 0.0619. The Kier molecular flexibility index (Phi) is 4.24. The molecule has 1 aliphatic rings. The molecular formula is C14H24N4O. The third-order valence-corrected chi connectivity index (χ3v) is 4.46. The first-order chi connectivity index (χ1) is 9.06. The highest BCUT2D eigenvalue weighted by Gasteiger charge is 2.31. The Morgan fingerprint density at radius 2 is 2.21 bits per heavy atom. The maximum atomic E-state index is 12.6. The zero-order valence-electron chi connectivity index (χ0n) is 12.1. The zero-order chi connectivity index (χ0) is 14.0. The molecule has 5 heteroatoms. The van der Waals surface area contributed by atoms with Crippen molar-refractivity contribution in [1.82, 2.24) is 14.7 Å². The summed E-state index contributed by atoms with van der Waals surface area (Å²) in [5, 5.41) is 4.15. The monoisotopic (exact) mass is 264 g/mol. The Bertz CT molecular complexity index is 454. The van der Waals surface area contributed by atoms with E-state index in [1.54, 1.807) is 10.9 Å². The van der Waals surface area contributed by atoms with E-state index in [9.17, 15) is 4.79 Å². The molecule has 0 saturated heterocycles. The lowest BCUT2D eigenvalue weighted by Gasteiger charge is -2.37. The zero-order valence-corrected chi connectivity index (χ0v) is 12.1. The molecule has 19 heavy (non-hydrogen) atoms. The third kappa shape index (κ3) is 2.66. The van der Waals surface area contributed by atoms with Crippen molar-refractivity contribution in [3.05, 3.63) is 17.5 Å². The largest absolute Gasteiger partial charge is 0.338 e. The van der Waals surface area contributed by atoms with Gasteiger partial charge in [-0.25, -0.2) is 0 Å². The number of rotatable bonds is 3. The van der Waals surface area contributed by atoms with Crippen LogP contribution in [0.15, 0.2) is 6.20 Å². The molecule has 2 rings (SSSR count). The molecule has 5 nitrogen and oxygen atoms in total. The van der Waals surface area contributed by atoms with Crippen LogP contribution in [0.1, 0.15) is 41.7 Å². The van der Waals surface area contributed by atoms with Gasteiger partial charge in [0.2, 0.25) is 0 Å². The predicted molar refractivity (Wildman–Crippen MR) is 74.8 cm³/mol. The number of nitrogens with zero attached hydrogens (tertiary/aromatic N) is 3. The lowest BCUT2D eigenvalue weighted by Crippen LogP contribution is -2.46. The average molecular weight is 264 g/mol. The van der Waals surface area contributed by atoms with Crippen LogP contribution in [0.3, 0.4) is 0 Å². The van der Waals surface area contributed by atoms with Gasteiger partial charge in [-0.3, -0.25) is 9.48 Å². The molecule has 106 valence electrons. The number of aromatic nitrogens is 2. The fourth-order valence-electron chi connectivity index (χ4n) is 3.02. The molecule has 0 aromatic carbocycles. The Morgan fingerprint density at radius 1 is 1.53 bits per heavy atom. The molecule has 0 bridgehead atoms. The molecule has 2 atom stereocenters. The van der Waals surface area contributed by atoms with Gasteiger partial charge in [-0.05, 0) is 32.2 Å². The van der Waals surface area contributed by atoms with Gasteiger partial charge in [0.15, 0.2) is 0 Å². The first kappa shape index (κ1) is 14.1. The smallest absolute Gasteiger partial charge is 0.257 e. The molecular weight excluding hydrogens is 240 g/mol. The van der Waals surface area contributed by atoms with E-state index in [1.807, 2.05) is 25.9 Å². The summed E-state index contributed by atoms with van der Waals surface area (Å²) in [5.41, 5.74) is 7.46. The van der Waals surface area contributed by atoms with E-state index < -0.39 is 0 Å². The van der Waals surface area contributed by atoms with Crippen LogP contribution in [-0.4, -0.2) is 40.2 Å². The van der Waals surface area contributed by atoms with Crippen molar-refractivity contribution in [2.24, 2.45) is 18.7 Å². The van der Waals surface area contributed by atoms with Crippen molar-refractivity contribution in [3.8, 4) is 0 Å². The summed E-state index contributed by atoms with van der Waals surface area (Å²) in [5.74, 6) is 0.496. The maximum Gasteiger partial charge on any atom is 0.257 e. The molecule has 2 N–H and O–H groups in total. The van der Waals surface area contributed by atoms with E-state index in [-0.39, 0.29) is 11.9 Å². The fourth-order valence-corrected chi connectivity index (χ4v) is 3.02. The summed E-state index contributed by atoms with van der Waals surface area (Å²) in [4.78, 5) is 14.4. The number of nitrogens with two attached hydrogens (primary N) is 1. The van der Waals surface area contributed by atoms with Crippen molar-refractivity contribution in [2.75, 3.05) is 13.6 Å². The van der Waals surface area contributed by atoms with Gasteiger partial charge in [0.1, 0.15) is 0 Å². The Hall–Kier alpha value is -1.36. The first-order valence-corrected chi connectivity index (χ1v) is 7.02. The Morgan fingerprint density at radius 3 is 2.79 bits per heavy atom. The standard InChI is InChI=1S/C14H24N4O/c1-10-12(9-16-18(10)3)14(19)17(2)13-7-5-4-6-11(13)8-15/h9,11,13H,4-8,15H2,1-3H3. The second-order valence-electron chi connectivity index (χ2n) is 5.53. The molecule has 2 unspecified atom stereocenters. The van der Waals surface area contributed by atoms with E-state index in [2.05, 4.69) is 5.10 Å². The van der Waals surface area contributed by atoms with E-state index in [0.717, 1.165) is 18.5 Å². The number of hydrogen-bond acceptors (Lipinski definition) is 3. The Balaban J connectivity index is 2.16. The normalized spacial score (nSPS) is 23.4. The minimum atomic E-state index is 0.0657. The summed E-state index contributed by atoms with van der Waals surface area (Å²) < 4.78 is 1.74. The molecule has 1 fully saturated rings. The molecule has 1 heterocycles. The Labute approximate surface area is 114 Å². The van der Waals surface area contributed by atoms with Crippen molar-refractivity contribution < 1.29 is 4.79 Å². The second kappa shape index (κ2) is 5.74. The summed E-state index contributed by atoms with van der Waals surface area (Å²) in [6, 6.07) is 0.269.